The molecule has 0 bridgehead atoms. The average Bonchev–Trinajstić information content (AvgIpc) is 2.11. The first-order valence-corrected chi connectivity index (χ1v) is 7.26. The van der Waals surface area contributed by atoms with Gasteiger partial charge in [0.15, 0.2) is 9.84 Å². The summed E-state index contributed by atoms with van der Waals surface area (Å²) in [5.41, 5.74) is -1.29. The zero-order valence-electron chi connectivity index (χ0n) is 10.7. The maximum atomic E-state index is 14.2. The van der Waals surface area contributed by atoms with E-state index < -0.39 is 44.2 Å². The van der Waals surface area contributed by atoms with Crippen LogP contribution in [0.1, 0.15) is 25.8 Å². The van der Waals surface area contributed by atoms with Crippen LogP contribution in [0.15, 0.2) is 17.0 Å². The van der Waals surface area contributed by atoms with E-state index in [1.165, 1.54) is 13.8 Å². The van der Waals surface area contributed by atoms with Crippen LogP contribution in [0.3, 0.4) is 0 Å². The van der Waals surface area contributed by atoms with Gasteiger partial charge in [-0.2, -0.15) is 0 Å². The molecule has 0 radical (unpaired) electrons. The Kier molecular flexibility index (Phi) is 4.00. The summed E-state index contributed by atoms with van der Waals surface area (Å²) < 4.78 is 50.4. The van der Waals surface area contributed by atoms with Gasteiger partial charge < -0.3 is 5.11 Å². The molecule has 4 nitrogen and oxygen atoms in total. The van der Waals surface area contributed by atoms with Crippen molar-refractivity contribution in [3.05, 3.63) is 29.3 Å². The van der Waals surface area contributed by atoms with Gasteiger partial charge in [0.25, 0.3) is 0 Å². The Morgan fingerprint density at radius 3 is 2.26 bits per heavy atom. The second-order valence-electron chi connectivity index (χ2n) is 4.96. The molecular formula is C12H14F2O4S. The van der Waals surface area contributed by atoms with Crippen LogP contribution in [0.2, 0.25) is 0 Å². The number of aliphatic carboxylic acids is 1. The van der Waals surface area contributed by atoms with E-state index in [-0.39, 0.29) is 5.56 Å². The number of carboxylic acids is 1. The third-order valence-electron chi connectivity index (χ3n) is 2.74. The first-order valence-electron chi connectivity index (χ1n) is 5.37. The van der Waals surface area contributed by atoms with Gasteiger partial charge in [0.2, 0.25) is 0 Å². The summed E-state index contributed by atoms with van der Waals surface area (Å²) in [6.45, 7) is 2.90. The summed E-state index contributed by atoms with van der Waals surface area (Å²) in [4.78, 5) is 9.71. The van der Waals surface area contributed by atoms with Gasteiger partial charge in [-0.3, -0.25) is 4.79 Å². The van der Waals surface area contributed by atoms with E-state index in [0.29, 0.717) is 6.26 Å². The van der Waals surface area contributed by atoms with Crippen molar-refractivity contribution in [1.29, 1.82) is 0 Å². The van der Waals surface area contributed by atoms with Crippen LogP contribution in [0.5, 0.6) is 0 Å². The van der Waals surface area contributed by atoms with Gasteiger partial charge in [-0.15, -0.1) is 0 Å². The Morgan fingerprint density at radius 1 is 1.32 bits per heavy atom. The fourth-order valence-corrected chi connectivity index (χ4v) is 2.73. The normalized spacial score (nSPS) is 12.5. The van der Waals surface area contributed by atoms with E-state index in [9.17, 15) is 22.0 Å². The molecule has 0 fully saturated rings. The van der Waals surface area contributed by atoms with E-state index >= 15 is 0 Å². The number of benzene rings is 1. The summed E-state index contributed by atoms with van der Waals surface area (Å²) in [6.07, 6.45) is 0.293. The van der Waals surface area contributed by atoms with E-state index in [4.69, 9.17) is 5.11 Å². The van der Waals surface area contributed by atoms with Crippen LogP contribution in [-0.4, -0.2) is 25.7 Å². The number of sulfone groups is 1. The molecule has 0 unspecified atom stereocenters. The summed E-state index contributed by atoms with van der Waals surface area (Å²) in [5, 5.41) is 8.77. The molecule has 0 heterocycles. The highest BCUT2D eigenvalue weighted by molar-refractivity contribution is 7.90. The lowest BCUT2D eigenvalue weighted by molar-refractivity contribution is -0.138. The number of rotatable bonds is 4. The van der Waals surface area contributed by atoms with Crippen LogP contribution in [0.25, 0.3) is 0 Å². The number of hydrogen-bond acceptors (Lipinski definition) is 3. The monoisotopic (exact) mass is 292 g/mol. The Balaban J connectivity index is 3.53. The first-order chi connectivity index (χ1) is 8.47. The lowest BCUT2D eigenvalue weighted by atomic mass is 9.81. The highest BCUT2D eigenvalue weighted by atomic mass is 32.2. The quantitative estimate of drug-likeness (QED) is 0.922. The fraction of sp³-hybridized carbons (Fsp3) is 0.417. The van der Waals surface area contributed by atoms with E-state index in [0.717, 1.165) is 12.1 Å². The zero-order chi connectivity index (χ0) is 15.0. The number of hydrogen-bond donors (Lipinski definition) is 1. The van der Waals surface area contributed by atoms with Crippen LogP contribution < -0.4 is 0 Å². The van der Waals surface area contributed by atoms with Crippen molar-refractivity contribution in [3.63, 3.8) is 0 Å². The molecule has 0 saturated heterocycles. The average molecular weight is 292 g/mol. The second-order valence-corrected chi connectivity index (χ2v) is 6.92. The molecule has 7 heteroatoms. The molecule has 0 spiro atoms. The zero-order valence-corrected chi connectivity index (χ0v) is 11.5. The summed E-state index contributed by atoms with van der Waals surface area (Å²) in [7, 11) is -4.07. The maximum absolute atomic E-state index is 14.2. The van der Waals surface area contributed by atoms with Crippen molar-refractivity contribution in [1.82, 2.24) is 0 Å². The van der Waals surface area contributed by atoms with E-state index in [2.05, 4.69) is 0 Å². The molecule has 106 valence electrons. The topological polar surface area (TPSA) is 71.4 Å². The Labute approximate surface area is 110 Å². The molecular weight excluding hydrogens is 278 g/mol. The van der Waals surface area contributed by atoms with Gasteiger partial charge in [-0.25, -0.2) is 17.2 Å². The fourth-order valence-electron chi connectivity index (χ4n) is 1.87. The van der Waals surface area contributed by atoms with Crippen molar-refractivity contribution >= 4 is 15.8 Å². The van der Waals surface area contributed by atoms with Gasteiger partial charge in [-0.1, -0.05) is 19.9 Å². The molecule has 1 N–H and O–H groups in total. The molecule has 19 heavy (non-hydrogen) atoms. The highest BCUT2D eigenvalue weighted by Gasteiger charge is 2.31. The van der Waals surface area contributed by atoms with Crippen LogP contribution in [0.4, 0.5) is 8.78 Å². The van der Waals surface area contributed by atoms with Gasteiger partial charge in [0.05, 0.1) is 6.42 Å². The summed E-state index contributed by atoms with van der Waals surface area (Å²) in [6, 6.07) is 1.90. The molecule has 1 rings (SSSR count). The van der Waals surface area contributed by atoms with Crippen molar-refractivity contribution in [2.75, 3.05) is 6.26 Å². The Bertz CT molecular complexity index is 621. The van der Waals surface area contributed by atoms with E-state index in [1.54, 1.807) is 0 Å². The summed E-state index contributed by atoms with van der Waals surface area (Å²) >= 11 is 0. The maximum Gasteiger partial charge on any atom is 0.304 e. The van der Waals surface area contributed by atoms with Crippen molar-refractivity contribution in [3.8, 4) is 0 Å². The van der Waals surface area contributed by atoms with Gasteiger partial charge in [0.1, 0.15) is 16.5 Å². The largest absolute Gasteiger partial charge is 0.481 e. The molecule has 1 aromatic carbocycles. The standard InChI is InChI=1S/C12H14F2O4S/c1-12(2,6-9(15)16)7-4-5-8(13)11(10(7)14)19(3,17)18/h4-5H,6H2,1-3H3,(H,15,16). The second kappa shape index (κ2) is 4.88. The third kappa shape index (κ3) is 3.28. The van der Waals surface area contributed by atoms with Crippen molar-refractivity contribution in [2.45, 2.75) is 30.6 Å². The molecule has 0 aromatic heterocycles. The Morgan fingerprint density at radius 2 is 1.84 bits per heavy atom. The Hall–Kier alpha value is -1.50. The smallest absolute Gasteiger partial charge is 0.304 e. The SMILES string of the molecule is CC(C)(CC(=O)O)c1ccc(F)c(S(C)(=O)=O)c1F. The molecule has 0 atom stereocenters. The van der Waals surface area contributed by atoms with Gasteiger partial charge >= 0.3 is 5.97 Å². The van der Waals surface area contributed by atoms with Crippen LogP contribution in [-0.2, 0) is 20.0 Å². The predicted octanol–water partition coefficient (Wildman–Crippen LogP) is 2.12. The predicted molar refractivity (Wildman–Crippen MR) is 64.7 cm³/mol. The summed E-state index contributed by atoms with van der Waals surface area (Å²) in [5.74, 6) is -3.57. The highest BCUT2D eigenvalue weighted by Crippen LogP contribution is 2.33. The molecule has 0 saturated carbocycles. The molecule has 1 aromatic rings. The first kappa shape index (κ1) is 15.6. The van der Waals surface area contributed by atoms with Gasteiger partial charge in [0, 0.05) is 11.7 Å². The lowest BCUT2D eigenvalue weighted by Crippen LogP contribution is -2.24. The van der Waals surface area contributed by atoms with Crippen molar-refractivity contribution < 1.29 is 27.1 Å². The molecule has 0 aliphatic carbocycles. The lowest BCUT2D eigenvalue weighted by Gasteiger charge is -2.24. The third-order valence-corrected chi connectivity index (χ3v) is 3.86. The van der Waals surface area contributed by atoms with Gasteiger partial charge in [-0.05, 0) is 11.6 Å². The number of carbonyl (C=O) groups is 1. The molecule has 0 amide bonds. The minimum atomic E-state index is -4.07. The molecule has 0 aliphatic rings. The number of halogens is 2. The minimum Gasteiger partial charge on any atom is -0.481 e. The number of carboxylic acid groups (broad SMARTS) is 1. The van der Waals surface area contributed by atoms with Crippen LogP contribution in [0, 0.1) is 11.6 Å². The van der Waals surface area contributed by atoms with Crippen LogP contribution >= 0.6 is 0 Å². The minimum absolute atomic E-state index is 0.142. The van der Waals surface area contributed by atoms with E-state index in [1.807, 2.05) is 0 Å². The van der Waals surface area contributed by atoms with Crippen molar-refractivity contribution in [2.24, 2.45) is 0 Å². The molecule has 0 aliphatic heterocycles.